The van der Waals surface area contributed by atoms with Gasteiger partial charge in [0.1, 0.15) is 35.4 Å². The minimum atomic E-state index is -0.582. The summed E-state index contributed by atoms with van der Waals surface area (Å²) in [6.45, 7) is 1.72. The molecule has 2 heterocycles. The molecular weight excluding hydrogens is 341 g/mol. The first-order valence-corrected chi connectivity index (χ1v) is 7.79. The maximum absolute atomic E-state index is 12.8. The van der Waals surface area contributed by atoms with Crippen molar-refractivity contribution in [2.24, 2.45) is 0 Å². The smallest absolute Gasteiger partial charge is 0.263 e. The second-order valence-corrected chi connectivity index (χ2v) is 5.48. The molecule has 1 unspecified atom stereocenters. The van der Waals surface area contributed by atoms with E-state index in [0.29, 0.717) is 11.6 Å². The van der Waals surface area contributed by atoms with E-state index in [-0.39, 0.29) is 23.8 Å². The van der Waals surface area contributed by atoms with Crippen molar-refractivity contribution in [2.75, 3.05) is 0 Å². The van der Waals surface area contributed by atoms with E-state index >= 15 is 0 Å². The zero-order valence-corrected chi connectivity index (χ0v) is 13.8. The normalized spacial score (nSPS) is 11.8. The summed E-state index contributed by atoms with van der Waals surface area (Å²) >= 11 is 0. The van der Waals surface area contributed by atoms with E-state index < -0.39 is 17.5 Å². The number of carbonyl (C=O) groups is 1. The first-order chi connectivity index (χ1) is 12.5. The molecule has 26 heavy (non-hydrogen) atoms. The van der Waals surface area contributed by atoms with Gasteiger partial charge >= 0.3 is 0 Å². The molecule has 0 aliphatic heterocycles. The number of H-pyrrole nitrogens is 2. The van der Waals surface area contributed by atoms with Gasteiger partial charge in [0, 0.05) is 18.6 Å². The van der Waals surface area contributed by atoms with Crippen LogP contribution in [0.15, 0.2) is 47.7 Å². The number of hydrogen-bond donors (Lipinski definition) is 3. The summed E-state index contributed by atoms with van der Waals surface area (Å²) in [7, 11) is 0. The van der Waals surface area contributed by atoms with Crippen molar-refractivity contribution in [3.63, 3.8) is 0 Å². The minimum absolute atomic E-state index is 0.0223. The summed E-state index contributed by atoms with van der Waals surface area (Å²) < 4.78 is 18.2. The van der Waals surface area contributed by atoms with Crippen LogP contribution < -0.4 is 15.6 Å². The highest BCUT2D eigenvalue weighted by Gasteiger charge is 2.16. The Morgan fingerprint density at radius 1 is 1.31 bits per heavy atom. The molecule has 3 rings (SSSR count). The molecule has 9 heteroatoms. The van der Waals surface area contributed by atoms with Gasteiger partial charge in [-0.25, -0.2) is 14.4 Å². The Morgan fingerprint density at radius 3 is 2.73 bits per heavy atom. The van der Waals surface area contributed by atoms with Crippen LogP contribution >= 0.6 is 0 Å². The number of aromatic nitrogens is 4. The van der Waals surface area contributed by atoms with Gasteiger partial charge in [0.05, 0.1) is 6.04 Å². The lowest BCUT2D eigenvalue weighted by atomic mass is 10.2. The summed E-state index contributed by atoms with van der Waals surface area (Å²) in [6.07, 6.45) is 4.40. The van der Waals surface area contributed by atoms with E-state index in [2.05, 4.69) is 25.3 Å². The Bertz CT molecular complexity index is 938. The summed E-state index contributed by atoms with van der Waals surface area (Å²) in [5, 5.41) is 2.66. The molecule has 134 valence electrons. The number of hydrogen-bond acceptors (Lipinski definition) is 5. The topological polar surface area (TPSA) is 113 Å². The first-order valence-electron chi connectivity index (χ1n) is 7.79. The Morgan fingerprint density at radius 2 is 2.08 bits per heavy atom. The van der Waals surface area contributed by atoms with Gasteiger partial charge in [0.2, 0.25) is 0 Å². The zero-order chi connectivity index (χ0) is 18.5. The van der Waals surface area contributed by atoms with Crippen LogP contribution in [-0.2, 0) is 6.61 Å². The Kier molecular flexibility index (Phi) is 5.07. The van der Waals surface area contributed by atoms with E-state index in [1.165, 1.54) is 30.5 Å². The van der Waals surface area contributed by atoms with E-state index in [4.69, 9.17) is 4.74 Å². The lowest BCUT2D eigenvalue weighted by molar-refractivity contribution is 0.0936. The van der Waals surface area contributed by atoms with Crippen molar-refractivity contribution in [2.45, 2.75) is 19.6 Å². The molecule has 0 saturated heterocycles. The standard InChI is InChI=1S/C17H16FN5O3/c1-10(15-19-6-7-20-15)22-16(24)13-8-21-14(23-17(13)25)9-26-12-4-2-11(18)3-5-12/h2-8,10H,9H2,1H3,(H,19,20)(H,22,24)(H,21,23,25). The molecule has 1 amide bonds. The van der Waals surface area contributed by atoms with E-state index in [1.807, 2.05) is 0 Å². The maximum Gasteiger partial charge on any atom is 0.263 e. The van der Waals surface area contributed by atoms with Crippen molar-refractivity contribution in [3.8, 4) is 5.75 Å². The number of benzene rings is 1. The number of amides is 1. The predicted octanol–water partition coefficient (Wildman–Crippen LogP) is 1.70. The van der Waals surface area contributed by atoms with Gasteiger partial charge in [-0.1, -0.05) is 0 Å². The van der Waals surface area contributed by atoms with Gasteiger partial charge in [-0.15, -0.1) is 0 Å². The van der Waals surface area contributed by atoms with Crippen LogP contribution in [0.2, 0.25) is 0 Å². The van der Waals surface area contributed by atoms with Crippen LogP contribution in [0.25, 0.3) is 0 Å². The number of imidazole rings is 1. The van der Waals surface area contributed by atoms with Gasteiger partial charge in [0.25, 0.3) is 11.5 Å². The van der Waals surface area contributed by atoms with Crippen LogP contribution in [0.3, 0.4) is 0 Å². The minimum Gasteiger partial charge on any atom is -0.486 e. The average molecular weight is 357 g/mol. The van der Waals surface area contributed by atoms with E-state index in [0.717, 1.165) is 0 Å². The number of aromatic amines is 2. The molecule has 1 atom stereocenters. The summed E-state index contributed by atoms with van der Waals surface area (Å²) in [6, 6.07) is 5.06. The highest BCUT2D eigenvalue weighted by molar-refractivity contribution is 5.93. The molecule has 0 radical (unpaired) electrons. The Labute approximate surface area is 147 Å². The van der Waals surface area contributed by atoms with Crippen molar-refractivity contribution >= 4 is 5.91 Å². The van der Waals surface area contributed by atoms with Crippen LogP contribution in [0.4, 0.5) is 4.39 Å². The monoisotopic (exact) mass is 357 g/mol. The highest BCUT2D eigenvalue weighted by atomic mass is 19.1. The van der Waals surface area contributed by atoms with Crippen molar-refractivity contribution in [3.05, 3.63) is 76.2 Å². The fourth-order valence-corrected chi connectivity index (χ4v) is 2.21. The number of nitrogens with one attached hydrogen (secondary N) is 3. The zero-order valence-electron chi connectivity index (χ0n) is 13.8. The quantitative estimate of drug-likeness (QED) is 0.621. The molecule has 0 aliphatic rings. The lowest BCUT2D eigenvalue weighted by Crippen LogP contribution is -2.32. The third-order valence-corrected chi connectivity index (χ3v) is 3.56. The molecule has 3 N–H and O–H groups in total. The van der Waals surface area contributed by atoms with Crippen LogP contribution in [0.5, 0.6) is 5.75 Å². The van der Waals surface area contributed by atoms with Crippen molar-refractivity contribution in [1.82, 2.24) is 25.3 Å². The van der Waals surface area contributed by atoms with Crippen LogP contribution in [0, 0.1) is 5.82 Å². The number of ether oxygens (including phenoxy) is 1. The largest absolute Gasteiger partial charge is 0.486 e. The predicted molar refractivity (Wildman–Crippen MR) is 90.1 cm³/mol. The molecule has 8 nitrogen and oxygen atoms in total. The fraction of sp³-hybridized carbons (Fsp3) is 0.176. The first kappa shape index (κ1) is 17.3. The highest BCUT2D eigenvalue weighted by Crippen LogP contribution is 2.12. The third-order valence-electron chi connectivity index (χ3n) is 3.56. The molecular formula is C17H16FN5O3. The van der Waals surface area contributed by atoms with Gasteiger partial charge in [-0.3, -0.25) is 9.59 Å². The summed E-state index contributed by atoms with van der Waals surface area (Å²) in [4.78, 5) is 37.8. The number of nitrogens with zero attached hydrogens (tertiary/aromatic N) is 2. The van der Waals surface area contributed by atoms with Crippen molar-refractivity contribution < 1.29 is 13.9 Å². The Balaban J connectivity index is 1.64. The Hall–Kier alpha value is -3.49. The summed E-state index contributed by atoms with van der Waals surface area (Å²) in [5.74, 6) is 0.321. The second-order valence-electron chi connectivity index (χ2n) is 5.48. The van der Waals surface area contributed by atoms with Crippen LogP contribution in [0.1, 0.15) is 35.0 Å². The molecule has 3 aromatic rings. The maximum atomic E-state index is 12.8. The number of rotatable bonds is 6. The molecule has 2 aromatic heterocycles. The lowest BCUT2D eigenvalue weighted by Gasteiger charge is -2.11. The van der Waals surface area contributed by atoms with Gasteiger partial charge in [0.15, 0.2) is 0 Å². The van der Waals surface area contributed by atoms with Gasteiger partial charge in [-0.2, -0.15) is 0 Å². The van der Waals surface area contributed by atoms with Crippen molar-refractivity contribution in [1.29, 1.82) is 0 Å². The average Bonchev–Trinajstić information content (AvgIpc) is 3.16. The number of carbonyl (C=O) groups excluding carboxylic acids is 1. The van der Waals surface area contributed by atoms with E-state index in [9.17, 15) is 14.0 Å². The van der Waals surface area contributed by atoms with E-state index in [1.54, 1.807) is 19.3 Å². The SMILES string of the molecule is CC(NC(=O)c1cnc(COc2ccc(F)cc2)[nH]c1=O)c1ncc[nH]1. The summed E-state index contributed by atoms with van der Waals surface area (Å²) in [5.41, 5.74) is -0.698. The molecule has 1 aromatic carbocycles. The van der Waals surface area contributed by atoms with Gasteiger partial charge < -0.3 is 20.0 Å². The molecule has 0 bridgehead atoms. The number of halogens is 1. The fourth-order valence-electron chi connectivity index (χ4n) is 2.21. The molecule has 0 spiro atoms. The van der Waals surface area contributed by atoms with Gasteiger partial charge in [-0.05, 0) is 31.2 Å². The molecule has 0 aliphatic carbocycles. The molecule has 0 fully saturated rings. The molecule has 0 saturated carbocycles. The van der Waals surface area contributed by atoms with Crippen LogP contribution in [-0.4, -0.2) is 25.8 Å². The second kappa shape index (κ2) is 7.60. The third kappa shape index (κ3) is 4.12.